The third-order valence-corrected chi connectivity index (χ3v) is 3.35. The van der Waals surface area contributed by atoms with Gasteiger partial charge in [-0.1, -0.05) is 0 Å². The Bertz CT molecular complexity index is 386. The summed E-state index contributed by atoms with van der Waals surface area (Å²) in [6, 6.07) is 2.49. The molecule has 0 bridgehead atoms. The molecule has 0 spiro atoms. The van der Waals surface area contributed by atoms with Gasteiger partial charge in [0.05, 0.1) is 0 Å². The molecule has 0 saturated carbocycles. The van der Waals surface area contributed by atoms with Crippen molar-refractivity contribution >= 4 is 5.91 Å². The lowest BCUT2D eigenvalue weighted by Gasteiger charge is -2.27. The van der Waals surface area contributed by atoms with Crippen molar-refractivity contribution in [3.8, 4) is 0 Å². The van der Waals surface area contributed by atoms with E-state index in [4.69, 9.17) is 0 Å². The molecule has 0 radical (unpaired) electrons. The smallest absolute Gasteiger partial charge is 0.223 e. The summed E-state index contributed by atoms with van der Waals surface area (Å²) in [7, 11) is 1.99. The van der Waals surface area contributed by atoms with Crippen molar-refractivity contribution in [1.29, 1.82) is 0 Å². The molecule has 1 aromatic rings. The molecule has 1 amide bonds. The van der Waals surface area contributed by atoms with Gasteiger partial charge < -0.3 is 15.2 Å². The highest BCUT2D eigenvalue weighted by molar-refractivity contribution is 5.78. The molecule has 1 aromatic heterocycles. The molecule has 2 rings (SSSR count). The second kappa shape index (κ2) is 5.36. The van der Waals surface area contributed by atoms with Gasteiger partial charge >= 0.3 is 0 Å². The van der Waals surface area contributed by atoms with Gasteiger partial charge in [-0.25, -0.2) is 0 Å². The molecule has 2 N–H and O–H groups in total. The number of aromatic nitrogens is 1. The monoisotopic (exact) mass is 235 g/mol. The zero-order valence-electron chi connectivity index (χ0n) is 10.6. The maximum absolute atomic E-state index is 12.0. The molecule has 2 atom stereocenters. The fourth-order valence-corrected chi connectivity index (χ4v) is 2.37. The maximum Gasteiger partial charge on any atom is 0.223 e. The molecule has 17 heavy (non-hydrogen) atoms. The maximum atomic E-state index is 12.0. The summed E-state index contributed by atoms with van der Waals surface area (Å²) >= 11 is 0. The van der Waals surface area contributed by atoms with Crippen molar-refractivity contribution in [2.45, 2.75) is 32.4 Å². The van der Waals surface area contributed by atoms with Crippen molar-refractivity contribution in [3.63, 3.8) is 0 Å². The summed E-state index contributed by atoms with van der Waals surface area (Å²) in [4.78, 5) is 12.0. The molecule has 2 heterocycles. The molecule has 1 aliphatic heterocycles. The van der Waals surface area contributed by atoms with Crippen LogP contribution in [-0.2, 0) is 18.4 Å². The van der Waals surface area contributed by atoms with Crippen LogP contribution in [0.5, 0.6) is 0 Å². The van der Waals surface area contributed by atoms with Gasteiger partial charge in [0.15, 0.2) is 0 Å². The number of carbonyl (C=O) groups is 1. The number of carbonyl (C=O) groups excluding carboxylic acids is 1. The van der Waals surface area contributed by atoms with Crippen LogP contribution < -0.4 is 10.6 Å². The first-order valence-electron chi connectivity index (χ1n) is 6.27. The lowest BCUT2D eigenvalue weighted by Crippen LogP contribution is -2.42. The molecule has 4 nitrogen and oxygen atoms in total. The van der Waals surface area contributed by atoms with E-state index in [0.29, 0.717) is 12.6 Å². The second-order valence-corrected chi connectivity index (χ2v) is 4.98. The zero-order valence-corrected chi connectivity index (χ0v) is 10.6. The van der Waals surface area contributed by atoms with E-state index in [0.717, 1.165) is 24.9 Å². The number of amides is 1. The van der Waals surface area contributed by atoms with Gasteiger partial charge in [0.2, 0.25) is 5.91 Å². The molecule has 0 aliphatic carbocycles. The van der Waals surface area contributed by atoms with Gasteiger partial charge in [-0.3, -0.25) is 4.79 Å². The minimum atomic E-state index is 0.176. The van der Waals surface area contributed by atoms with Gasteiger partial charge in [0, 0.05) is 37.9 Å². The van der Waals surface area contributed by atoms with Gasteiger partial charge in [-0.2, -0.15) is 0 Å². The minimum Gasteiger partial charge on any atom is -0.357 e. The Morgan fingerprint density at radius 2 is 2.47 bits per heavy atom. The zero-order chi connectivity index (χ0) is 12.3. The summed E-state index contributed by atoms with van der Waals surface area (Å²) in [6.45, 7) is 3.72. The van der Waals surface area contributed by atoms with Crippen molar-refractivity contribution in [2.75, 3.05) is 6.54 Å². The first kappa shape index (κ1) is 12.2. The summed E-state index contributed by atoms with van der Waals surface area (Å²) < 4.78 is 1.99. The number of piperidine rings is 1. The van der Waals surface area contributed by atoms with E-state index in [1.807, 2.05) is 30.1 Å². The van der Waals surface area contributed by atoms with Gasteiger partial charge in [0.25, 0.3) is 0 Å². The SMILES string of the molecule is CC1CC(C(=O)NCc2ccn(C)c2)CCN1. The molecule has 94 valence electrons. The predicted octanol–water partition coefficient (Wildman–Crippen LogP) is 1.03. The van der Waals surface area contributed by atoms with E-state index in [1.54, 1.807) is 0 Å². The molecule has 1 saturated heterocycles. The van der Waals surface area contributed by atoms with Gasteiger partial charge in [-0.15, -0.1) is 0 Å². The molecular formula is C13H21N3O. The highest BCUT2D eigenvalue weighted by Gasteiger charge is 2.24. The fraction of sp³-hybridized carbons (Fsp3) is 0.615. The molecule has 0 aromatic carbocycles. The molecular weight excluding hydrogens is 214 g/mol. The second-order valence-electron chi connectivity index (χ2n) is 4.98. The number of hydrogen-bond donors (Lipinski definition) is 2. The largest absolute Gasteiger partial charge is 0.357 e. The molecule has 1 aliphatic rings. The van der Waals surface area contributed by atoms with Crippen LogP contribution in [0.2, 0.25) is 0 Å². The Labute approximate surface area is 102 Å². The van der Waals surface area contributed by atoms with Crippen LogP contribution in [-0.4, -0.2) is 23.1 Å². The van der Waals surface area contributed by atoms with Crippen LogP contribution in [0.3, 0.4) is 0 Å². The summed E-state index contributed by atoms with van der Waals surface area (Å²) in [5.74, 6) is 0.372. The van der Waals surface area contributed by atoms with Crippen LogP contribution in [0.1, 0.15) is 25.3 Å². The van der Waals surface area contributed by atoms with Crippen LogP contribution in [0.4, 0.5) is 0 Å². The Kier molecular flexibility index (Phi) is 3.84. The van der Waals surface area contributed by atoms with E-state index < -0.39 is 0 Å². The average Bonchev–Trinajstić information content (AvgIpc) is 2.72. The normalized spacial score (nSPS) is 24.6. The van der Waals surface area contributed by atoms with Crippen molar-refractivity contribution in [1.82, 2.24) is 15.2 Å². The number of nitrogens with one attached hydrogen (secondary N) is 2. The summed E-state index contributed by atoms with van der Waals surface area (Å²) in [5, 5.41) is 6.38. The first-order chi connectivity index (χ1) is 8.15. The number of nitrogens with zero attached hydrogens (tertiary/aromatic N) is 1. The van der Waals surface area contributed by atoms with Gasteiger partial charge in [-0.05, 0) is 37.9 Å². The Morgan fingerprint density at radius 1 is 1.65 bits per heavy atom. The number of aryl methyl sites for hydroxylation is 1. The van der Waals surface area contributed by atoms with E-state index in [1.165, 1.54) is 0 Å². The highest BCUT2D eigenvalue weighted by atomic mass is 16.1. The molecule has 2 unspecified atom stereocenters. The van der Waals surface area contributed by atoms with Crippen LogP contribution in [0, 0.1) is 5.92 Å². The Balaban J connectivity index is 1.80. The van der Waals surface area contributed by atoms with Crippen LogP contribution >= 0.6 is 0 Å². The average molecular weight is 235 g/mol. The van der Waals surface area contributed by atoms with Crippen molar-refractivity contribution in [2.24, 2.45) is 13.0 Å². The lowest BCUT2D eigenvalue weighted by atomic mass is 9.92. The third kappa shape index (κ3) is 3.33. The minimum absolute atomic E-state index is 0.176. The number of hydrogen-bond acceptors (Lipinski definition) is 2. The van der Waals surface area contributed by atoms with Gasteiger partial charge in [0.1, 0.15) is 0 Å². The Morgan fingerprint density at radius 3 is 3.12 bits per heavy atom. The standard InChI is InChI=1S/C13H21N3O/c1-10-7-12(3-5-14-10)13(17)15-8-11-4-6-16(2)9-11/h4,6,9-10,12,14H,3,5,7-8H2,1-2H3,(H,15,17). The first-order valence-corrected chi connectivity index (χ1v) is 6.27. The number of rotatable bonds is 3. The van der Waals surface area contributed by atoms with E-state index in [-0.39, 0.29) is 11.8 Å². The van der Waals surface area contributed by atoms with E-state index in [2.05, 4.69) is 17.6 Å². The topological polar surface area (TPSA) is 46.1 Å². The fourth-order valence-electron chi connectivity index (χ4n) is 2.37. The van der Waals surface area contributed by atoms with Crippen molar-refractivity contribution in [3.05, 3.63) is 24.0 Å². The van der Waals surface area contributed by atoms with Crippen LogP contribution in [0.25, 0.3) is 0 Å². The Hall–Kier alpha value is -1.29. The highest BCUT2D eigenvalue weighted by Crippen LogP contribution is 2.16. The van der Waals surface area contributed by atoms with Crippen LogP contribution in [0.15, 0.2) is 18.5 Å². The van der Waals surface area contributed by atoms with E-state index in [9.17, 15) is 4.79 Å². The predicted molar refractivity (Wildman–Crippen MR) is 67.4 cm³/mol. The molecule has 4 heteroatoms. The molecule has 1 fully saturated rings. The lowest BCUT2D eigenvalue weighted by molar-refractivity contribution is -0.126. The summed E-state index contributed by atoms with van der Waals surface area (Å²) in [6.07, 6.45) is 5.92. The van der Waals surface area contributed by atoms with Crippen molar-refractivity contribution < 1.29 is 4.79 Å². The van der Waals surface area contributed by atoms with E-state index >= 15 is 0 Å². The quantitative estimate of drug-likeness (QED) is 0.822. The third-order valence-electron chi connectivity index (χ3n) is 3.35. The summed E-state index contributed by atoms with van der Waals surface area (Å²) in [5.41, 5.74) is 1.16.